The Labute approximate surface area is 112 Å². The van der Waals surface area contributed by atoms with Crippen molar-refractivity contribution in [2.24, 2.45) is 5.73 Å². The number of nitrogens with zero attached hydrogens (tertiary/aromatic N) is 2. The van der Waals surface area contributed by atoms with Crippen LogP contribution in [-0.2, 0) is 10.3 Å². The van der Waals surface area contributed by atoms with Gasteiger partial charge in [-0.15, -0.1) is 0 Å². The molecule has 0 saturated carbocycles. The van der Waals surface area contributed by atoms with Crippen LogP contribution >= 0.6 is 0 Å². The monoisotopic (exact) mass is 271 g/mol. The molecule has 0 aliphatic heterocycles. The van der Waals surface area contributed by atoms with Gasteiger partial charge in [0, 0.05) is 7.11 Å². The molecule has 1 aromatic heterocycles. The Bertz CT molecular complexity index is 403. The maximum absolute atomic E-state index is 10.7. The average molecular weight is 271 g/mol. The van der Waals surface area contributed by atoms with Gasteiger partial charge in [0.15, 0.2) is 0 Å². The van der Waals surface area contributed by atoms with Gasteiger partial charge in [-0.2, -0.15) is 4.98 Å². The first-order chi connectivity index (χ1) is 9.11. The Morgan fingerprint density at radius 3 is 2.58 bits per heavy atom. The van der Waals surface area contributed by atoms with Crippen molar-refractivity contribution in [3.63, 3.8) is 0 Å². The van der Waals surface area contributed by atoms with Crippen LogP contribution in [-0.4, -0.2) is 49.6 Å². The zero-order valence-electron chi connectivity index (χ0n) is 11.5. The average Bonchev–Trinajstić information content (AvgIpc) is 2.44. The lowest BCUT2D eigenvalue weighted by Crippen LogP contribution is -2.34. The van der Waals surface area contributed by atoms with Crippen molar-refractivity contribution in [2.45, 2.75) is 18.4 Å². The molecule has 0 amide bonds. The van der Waals surface area contributed by atoms with E-state index >= 15 is 0 Å². The molecule has 7 heteroatoms. The number of aliphatic hydroxyl groups is 1. The Morgan fingerprint density at radius 1 is 1.32 bits per heavy atom. The summed E-state index contributed by atoms with van der Waals surface area (Å²) in [4.78, 5) is 8.29. The Kier molecular flexibility index (Phi) is 5.94. The molecule has 1 aromatic rings. The molecular weight excluding hydrogens is 250 g/mol. The molecule has 7 nitrogen and oxygen atoms in total. The summed E-state index contributed by atoms with van der Waals surface area (Å²) < 4.78 is 15.2. The van der Waals surface area contributed by atoms with Gasteiger partial charge in [0.2, 0.25) is 11.8 Å². The van der Waals surface area contributed by atoms with Crippen LogP contribution in [0.25, 0.3) is 0 Å². The van der Waals surface area contributed by atoms with Gasteiger partial charge in [0.1, 0.15) is 11.3 Å². The molecule has 3 N–H and O–H groups in total. The van der Waals surface area contributed by atoms with Crippen LogP contribution in [0.4, 0.5) is 0 Å². The van der Waals surface area contributed by atoms with E-state index < -0.39 is 5.60 Å². The molecule has 0 fully saturated rings. The summed E-state index contributed by atoms with van der Waals surface area (Å²) in [6.07, 6.45) is 2.48. The van der Waals surface area contributed by atoms with Gasteiger partial charge in [0.25, 0.3) is 0 Å². The molecule has 0 saturated heterocycles. The molecule has 0 spiro atoms. The van der Waals surface area contributed by atoms with Crippen molar-refractivity contribution in [3.05, 3.63) is 11.9 Å². The Balaban J connectivity index is 3.13. The number of ether oxygens (including phenoxy) is 3. The molecule has 108 valence electrons. The van der Waals surface area contributed by atoms with Crippen molar-refractivity contribution in [1.82, 2.24) is 9.97 Å². The van der Waals surface area contributed by atoms with E-state index in [1.165, 1.54) is 27.5 Å². The number of hydrogen-bond acceptors (Lipinski definition) is 7. The van der Waals surface area contributed by atoms with Gasteiger partial charge in [-0.3, -0.25) is 0 Å². The van der Waals surface area contributed by atoms with E-state index in [9.17, 15) is 5.11 Å². The smallest absolute Gasteiger partial charge is 0.241 e. The lowest BCUT2D eigenvalue weighted by atomic mass is 9.94. The lowest BCUT2D eigenvalue weighted by molar-refractivity contribution is -0.0480. The minimum atomic E-state index is -1.28. The number of hydrogen-bond donors (Lipinski definition) is 2. The molecule has 0 radical (unpaired) electrons. The summed E-state index contributed by atoms with van der Waals surface area (Å²) in [6, 6.07) is 0. The van der Waals surface area contributed by atoms with Crippen LogP contribution in [0.3, 0.4) is 0 Å². The van der Waals surface area contributed by atoms with Gasteiger partial charge >= 0.3 is 0 Å². The summed E-state index contributed by atoms with van der Waals surface area (Å²) in [6.45, 7) is 0.558. The van der Waals surface area contributed by atoms with Crippen LogP contribution in [0.15, 0.2) is 6.20 Å². The van der Waals surface area contributed by atoms with E-state index in [4.69, 9.17) is 19.9 Å². The maximum Gasteiger partial charge on any atom is 0.241 e. The highest BCUT2D eigenvalue weighted by Crippen LogP contribution is 2.32. The second kappa shape index (κ2) is 7.22. The van der Waals surface area contributed by atoms with Crippen LogP contribution in [0.5, 0.6) is 11.8 Å². The van der Waals surface area contributed by atoms with Gasteiger partial charge in [-0.05, 0) is 19.4 Å². The van der Waals surface area contributed by atoms with Gasteiger partial charge in [0.05, 0.1) is 27.0 Å². The fraction of sp³-hybridized carbons (Fsp3) is 0.667. The van der Waals surface area contributed by atoms with Crippen molar-refractivity contribution in [1.29, 1.82) is 0 Å². The highest BCUT2D eigenvalue weighted by atomic mass is 16.5. The topological polar surface area (TPSA) is 99.7 Å². The summed E-state index contributed by atoms with van der Waals surface area (Å²) in [5, 5.41) is 10.7. The molecule has 19 heavy (non-hydrogen) atoms. The first kappa shape index (κ1) is 15.6. The van der Waals surface area contributed by atoms with Crippen molar-refractivity contribution in [3.8, 4) is 11.8 Å². The summed E-state index contributed by atoms with van der Waals surface area (Å²) in [5.41, 5.74) is 4.53. The highest BCUT2D eigenvalue weighted by Gasteiger charge is 2.34. The van der Waals surface area contributed by atoms with E-state index in [-0.39, 0.29) is 12.5 Å². The highest BCUT2D eigenvalue weighted by molar-refractivity contribution is 5.28. The van der Waals surface area contributed by atoms with E-state index in [1.807, 2.05) is 0 Å². The number of rotatable bonds is 8. The predicted molar refractivity (Wildman–Crippen MR) is 69.2 cm³/mol. The van der Waals surface area contributed by atoms with Crippen LogP contribution < -0.4 is 15.2 Å². The quantitative estimate of drug-likeness (QED) is 0.690. The minimum absolute atomic E-state index is 0.0877. The first-order valence-electron chi connectivity index (χ1n) is 5.98. The second-order valence-corrected chi connectivity index (χ2v) is 4.13. The SMILES string of the molecule is COCC(O)(CCCN)c1ncc(OC)nc1OC. The van der Waals surface area contributed by atoms with Gasteiger partial charge in [-0.1, -0.05) is 0 Å². The summed E-state index contributed by atoms with van der Waals surface area (Å²) in [7, 11) is 4.46. The van der Waals surface area contributed by atoms with Crippen molar-refractivity contribution in [2.75, 3.05) is 34.5 Å². The van der Waals surface area contributed by atoms with Gasteiger partial charge < -0.3 is 25.1 Å². The zero-order valence-corrected chi connectivity index (χ0v) is 11.5. The molecular formula is C12H21N3O4. The number of nitrogens with two attached hydrogens (primary N) is 1. The zero-order chi connectivity index (χ0) is 14.3. The molecule has 1 atom stereocenters. The molecule has 1 unspecified atom stereocenters. The summed E-state index contributed by atoms with van der Waals surface area (Å²) >= 11 is 0. The predicted octanol–water partition coefficient (Wildman–Crippen LogP) is 0.0667. The first-order valence-corrected chi connectivity index (χ1v) is 5.98. The Morgan fingerprint density at radius 2 is 2.05 bits per heavy atom. The van der Waals surface area contributed by atoms with Crippen LogP contribution in [0.2, 0.25) is 0 Å². The lowest BCUT2D eigenvalue weighted by Gasteiger charge is -2.27. The molecule has 0 aliphatic rings. The third-order valence-corrected chi connectivity index (χ3v) is 2.74. The molecule has 0 aromatic carbocycles. The van der Waals surface area contributed by atoms with Crippen molar-refractivity contribution < 1.29 is 19.3 Å². The standard InChI is InChI=1S/C12H21N3O4/c1-17-8-12(16,5-4-6-13)10-11(19-3)15-9(18-2)7-14-10/h7,16H,4-6,8,13H2,1-3H3. The summed E-state index contributed by atoms with van der Waals surface area (Å²) in [5.74, 6) is 0.537. The van der Waals surface area contributed by atoms with Crippen LogP contribution in [0, 0.1) is 0 Å². The number of aromatic nitrogens is 2. The van der Waals surface area contributed by atoms with E-state index in [1.54, 1.807) is 0 Å². The molecule has 1 rings (SSSR count). The number of methoxy groups -OCH3 is 3. The second-order valence-electron chi connectivity index (χ2n) is 4.13. The molecule has 0 bridgehead atoms. The maximum atomic E-state index is 10.7. The normalized spacial score (nSPS) is 13.9. The minimum Gasteiger partial charge on any atom is -0.480 e. The third kappa shape index (κ3) is 3.76. The molecule has 1 heterocycles. The van der Waals surface area contributed by atoms with Crippen LogP contribution in [0.1, 0.15) is 18.5 Å². The molecule has 0 aliphatic carbocycles. The van der Waals surface area contributed by atoms with Crippen molar-refractivity contribution >= 4 is 0 Å². The fourth-order valence-electron chi connectivity index (χ4n) is 1.81. The fourth-order valence-corrected chi connectivity index (χ4v) is 1.81. The Hall–Kier alpha value is -1.44. The largest absolute Gasteiger partial charge is 0.480 e. The third-order valence-electron chi connectivity index (χ3n) is 2.74. The van der Waals surface area contributed by atoms with E-state index in [0.717, 1.165) is 0 Å². The van der Waals surface area contributed by atoms with Gasteiger partial charge in [-0.25, -0.2) is 4.98 Å². The van der Waals surface area contributed by atoms with E-state index in [2.05, 4.69) is 9.97 Å². The van der Waals surface area contributed by atoms with E-state index in [0.29, 0.717) is 31.0 Å².